The summed E-state index contributed by atoms with van der Waals surface area (Å²) in [6.07, 6.45) is 2.09. The average molecular weight is 426 g/mol. The van der Waals surface area contributed by atoms with E-state index in [0.717, 1.165) is 18.4 Å². The van der Waals surface area contributed by atoms with Crippen LogP contribution >= 0.6 is 0 Å². The quantitative estimate of drug-likeness (QED) is 0.713. The first-order valence-corrected chi connectivity index (χ1v) is 10.7. The van der Waals surface area contributed by atoms with E-state index < -0.39 is 0 Å². The molecule has 164 valence electrons. The molecule has 0 spiro atoms. The number of carbonyl (C=O) groups is 2. The number of nitrogens with zero attached hydrogens (tertiary/aromatic N) is 2. The highest BCUT2D eigenvalue weighted by Crippen LogP contribution is 2.21. The first-order chi connectivity index (χ1) is 15.1. The number of likely N-dealkylation sites (tertiary alicyclic amines) is 1. The number of rotatable bonds is 6. The van der Waals surface area contributed by atoms with Crippen LogP contribution in [0.1, 0.15) is 28.8 Å². The van der Waals surface area contributed by atoms with E-state index in [1.54, 1.807) is 41.3 Å². The minimum atomic E-state index is -0.304. The van der Waals surface area contributed by atoms with E-state index in [1.165, 1.54) is 12.1 Å². The second-order valence-corrected chi connectivity index (χ2v) is 7.93. The maximum atomic E-state index is 13.1. The predicted octanol–water partition coefficient (Wildman–Crippen LogP) is 2.91. The molecule has 31 heavy (non-hydrogen) atoms. The van der Waals surface area contributed by atoms with Gasteiger partial charge >= 0.3 is 0 Å². The first kappa shape index (κ1) is 21.3. The Kier molecular flexibility index (Phi) is 6.82. The van der Waals surface area contributed by atoms with Crippen molar-refractivity contribution in [2.24, 2.45) is 0 Å². The number of benzene rings is 2. The topological polar surface area (TPSA) is 59.1 Å². The number of ether oxygens (including phenoxy) is 2. The molecule has 6 nitrogen and oxygen atoms in total. The van der Waals surface area contributed by atoms with Crippen LogP contribution in [0.5, 0.6) is 5.75 Å². The molecule has 2 aromatic carbocycles. The summed E-state index contributed by atoms with van der Waals surface area (Å²) in [5.41, 5.74) is 1.43. The Bertz CT molecular complexity index is 895. The van der Waals surface area contributed by atoms with Crippen molar-refractivity contribution in [3.05, 3.63) is 65.5 Å². The molecule has 2 heterocycles. The lowest BCUT2D eigenvalue weighted by atomic mass is 10.1. The van der Waals surface area contributed by atoms with Crippen LogP contribution in [0.2, 0.25) is 0 Å². The van der Waals surface area contributed by atoms with Gasteiger partial charge < -0.3 is 19.3 Å². The summed E-state index contributed by atoms with van der Waals surface area (Å²) in [5.74, 6) is 0.407. The van der Waals surface area contributed by atoms with Gasteiger partial charge in [-0.3, -0.25) is 9.59 Å². The van der Waals surface area contributed by atoms with Gasteiger partial charge in [0.15, 0.2) is 0 Å². The fourth-order valence-corrected chi connectivity index (χ4v) is 4.05. The van der Waals surface area contributed by atoms with Gasteiger partial charge in [-0.25, -0.2) is 4.39 Å². The van der Waals surface area contributed by atoms with E-state index in [0.29, 0.717) is 50.8 Å². The zero-order valence-corrected chi connectivity index (χ0v) is 17.5. The van der Waals surface area contributed by atoms with Crippen LogP contribution in [0.25, 0.3) is 0 Å². The van der Waals surface area contributed by atoms with Crippen molar-refractivity contribution in [1.29, 1.82) is 0 Å². The van der Waals surface area contributed by atoms with E-state index in [9.17, 15) is 14.0 Å². The molecule has 2 saturated heterocycles. The van der Waals surface area contributed by atoms with E-state index in [2.05, 4.69) is 0 Å². The van der Waals surface area contributed by atoms with Crippen molar-refractivity contribution in [2.75, 3.05) is 39.5 Å². The minimum Gasteiger partial charge on any atom is -0.491 e. The Labute approximate surface area is 181 Å². The second-order valence-electron chi connectivity index (χ2n) is 7.93. The molecule has 7 heteroatoms. The Morgan fingerprint density at radius 1 is 1.00 bits per heavy atom. The summed E-state index contributed by atoms with van der Waals surface area (Å²) < 4.78 is 24.3. The molecule has 0 aromatic heterocycles. The van der Waals surface area contributed by atoms with Gasteiger partial charge in [0.05, 0.1) is 25.7 Å². The molecule has 0 N–H and O–H groups in total. The summed E-state index contributed by atoms with van der Waals surface area (Å²) in [7, 11) is 0. The van der Waals surface area contributed by atoms with Gasteiger partial charge in [0.25, 0.3) is 5.91 Å². The van der Waals surface area contributed by atoms with Crippen molar-refractivity contribution in [2.45, 2.75) is 25.3 Å². The molecule has 0 unspecified atom stereocenters. The number of hydrogen-bond acceptors (Lipinski definition) is 4. The first-order valence-electron chi connectivity index (χ1n) is 10.7. The van der Waals surface area contributed by atoms with E-state index in [1.807, 2.05) is 4.90 Å². The number of amides is 2. The van der Waals surface area contributed by atoms with Crippen LogP contribution in [0.15, 0.2) is 48.5 Å². The molecule has 2 amide bonds. The van der Waals surface area contributed by atoms with Gasteiger partial charge in [0.2, 0.25) is 5.91 Å². The summed E-state index contributed by atoms with van der Waals surface area (Å²) in [5, 5.41) is 0. The minimum absolute atomic E-state index is 0.00297. The summed E-state index contributed by atoms with van der Waals surface area (Å²) in [4.78, 5) is 28.9. The Morgan fingerprint density at radius 2 is 1.71 bits per heavy atom. The number of hydrogen-bond donors (Lipinski definition) is 0. The fourth-order valence-electron chi connectivity index (χ4n) is 4.05. The third-order valence-corrected chi connectivity index (χ3v) is 5.81. The standard InChI is InChI=1S/C24H27FN2O4/c25-20-7-3-18(4-8-20)16-23(28)27-11-1-2-21(27)17-31-22-9-5-19(6-10-22)24(29)26-12-14-30-15-13-26/h3-10,21H,1-2,11-17H2/t21-/m1/s1. The predicted molar refractivity (Wildman–Crippen MR) is 113 cm³/mol. The monoisotopic (exact) mass is 426 g/mol. The van der Waals surface area contributed by atoms with Gasteiger partial charge in [-0.15, -0.1) is 0 Å². The molecule has 4 rings (SSSR count). The zero-order valence-electron chi connectivity index (χ0n) is 17.5. The molecular formula is C24H27FN2O4. The van der Waals surface area contributed by atoms with Crippen molar-refractivity contribution in [3.8, 4) is 5.75 Å². The van der Waals surface area contributed by atoms with Crippen LogP contribution in [-0.2, 0) is 16.0 Å². The van der Waals surface area contributed by atoms with Crippen LogP contribution in [0, 0.1) is 5.82 Å². The summed E-state index contributed by atoms with van der Waals surface area (Å²) in [6, 6.07) is 13.2. The second kappa shape index (κ2) is 9.92. The van der Waals surface area contributed by atoms with Crippen molar-refractivity contribution < 1.29 is 23.5 Å². The lowest BCUT2D eigenvalue weighted by molar-refractivity contribution is -0.131. The molecule has 2 fully saturated rings. The Morgan fingerprint density at radius 3 is 2.42 bits per heavy atom. The summed E-state index contributed by atoms with van der Waals surface area (Å²) >= 11 is 0. The average Bonchev–Trinajstić information content (AvgIpc) is 3.28. The molecule has 2 aromatic rings. The van der Waals surface area contributed by atoms with E-state index >= 15 is 0 Å². The highest BCUT2D eigenvalue weighted by atomic mass is 19.1. The van der Waals surface area contributed by atoms with Crippen molar-refractivity contribution in [3.63, 3.8) is 0 Å². The number of morpholine rings is 1. The highest BCUT2D eigenvalue weighted by Gasteiger charge is 2.29. The normalized spacial score (nSPS) is 18.8. The zero-order chi connectivity index (χ0) is 21.6. The van der Waals surface area contributed by atoms with Crippen LogP contribution in [0.3, 0.4) is 0 Å². The molecule has 2 aliphatic rings. The third kappa shape index (κ3) is 5.41. The largest absolute Gasteiger partial charge is 0.491 e. The fraction of sp³-hybridized carbons (Fsp3) is 0.417. The Balaban J connectivity index is 1.30. The van der Waals surface area contributed by atoms with Gasteiger partial charge in [0.1, 0.15) is 18.2 Å². The van der Waals surface area contributed by atoms with E-state index in [-0.39, 0.29) is 30.1 Å². The molecule has 0 bridgehead atoms. The van der Waals surface area contributed by atoms with Crippen LogP contribution < -0.4 is 4.74 Å². The van der Waals surface area contributed by atoms with Gasteiger partial charge in [0, 0.05) is 25.2 Å². The van der Waals surface area contributed by atoms with Crippen molar-refractivity contribution in [1.82, 2.24) is 9.80 Å². The van der Waals surface area contributed by atoms with Gasteiger partial charge in [-0.2, -0.15) is 0 Å². The smallest absolute Gasteiger partial charge is 0.254 e. The van der Waals surface area contributed by atoms with Gasteiger partial charge in [-0.1, -0.05) is 12.1 Å². The van der Waals surface area contributed by atoms with Gasteiger partial charge in [-0.05, 0) is 54.8 Å². The van der Waals surface area contributed by atoms with E-state index in [4.69, 9.17) is 9.47 Å². The van der Waals surface area contributed by atoms with Crippen molar-refractivity contribution >= 4 is 11.8 Å². The SMILES string of the molecule is O=C(c1ccc(OC[C@H]2CCCN2C(=O)Cc2ccc(F)cc2)cc1)N1CCOCC1. The Hall–Kier alpha value is -2.93. The number of carbonyl (C=O) groups excluding carboxylic acids is 2. The lowest BCUT2D eigenvalue weighted by Gasteiger charge is -2.27. The maximum absolute atomic E-state index is 13.1. The molecular weight excluding hydrogens is 399 g/mol. The lowest BCUT2D eigenvalue weighted by Crippen LogP contribution is -2.40. The maximum Gasteiger partial charge on any atom is 0.254 e. The highest BCUT2D eigenvalue weighted by molar-refractivity contribution is 5.94. The molecule has 2 aliphatic heterocycles. The number of halogens is 1. The molecule has 0 radical (unpaired) electrons. The molecule has 1 atom stereocenters. The molecule has 0 saturated carbocycles. The van der Waals surface area contributed by atoms with Crippen LogP contribution in [0.4, 0.5) is 4.39 Å². The molecule has 0 aliphatic carbocycles. The summed E-state index contributed by atoms with van der Waals surface area (Å²) in [6.45, 7) is 3.49. The van der Waals surface area contributed by atoms with Crippen LogP contribution in [-0.4, -0.2) is 67.1 Å². The third-order valence-electron chi connectivity index (χ3n) is 5.81.